The van der Waals surface area contributed by atoms with E-state index in [9.17, 15) is 4.79 Å². The second-order valence-electron chi connectivity index (χ2n) is 4.45. The molecule has 1 heterocycles. The Bertz CT molecular complexity index is 651. The Hall–Kier alpha value is -1.18. The zero-order valence-corrected chi connectivity index (χ0v) is 15.8. The Balaban J connectivity index is 2.31. The van der Waals surface area contributed by atoms with E-state index in [1.54, 1.807) is 12.2 Å². The Morgan fingerprint density at radius 1 is 1.41 bits per heavy atom. The number of likely N-dealkylation sites (N-methyl/N-ethyl adjacent to an activating group) is 1. The molecular formula is C15H14Br2N2O2S. The summed E-state index contributed by atoms with van der Waals surface area (Å²) in [5, 5.41) is 3.37. The third-order valence-electron chi connectivity index (χ3n) is 2.96. The predicted octanol–water partition coefficient (Wildman–Crippen LogP) is 3.85. The van der Waals surface area contributed by atoms with E-state index in [1.807, 2.05) is 19.1 Å². The Labute approximate surface area is 151 Å². The van der Waals surface area contributed by atoms with E-state index in [4.69, 9.17) is 17.0 Å². The number of ether oxygens (including phenoxy) is 1. The normalized spacial score (nSPS) is 16.1. The SMILES string of the molecule is C=CCOc1c(Br)cc(/C=C2\NC(=S)N(CC)C2=O)cc1Br. The van der Waals surface area contributed by atoms with Crippen LogP contribution in [0.25, 0.3) is 6.08 Å². The van der Waals surface area contributed by atoms with E-state index in [-0.39, 0.29) is 5.91 Å². The second kappa shape index (κ2) is 7.39. The van der Waals surface area contributed by atoms with Crippen LogP contribution < -0.4 is 10.1 Å². The number of halogens is 2. The molecule has 7 heteroatoms. The molecule has 116 valence electrons. The van der Waals surface area contributed by atoms with Gasteiger partial charge in [0.2, 0.25) is 0 Å². The van der Waals surface area contributed by atoms with Crippen LogP contribution >= 0.6 is 44.1 Å². The minimum atomic E-state index is -0.119. The molecule has 1 aliphatic heterocycles. The largest absolute Gasteiger partial charge is 0.487 e. The van der Waals surface area contributed by atoms with E-state index in [0.717, 1.165) is 14.5 Å². The summed E-state index contributed by atoms with van der Waals surface area (Å²) in [4.78, 5) is 13.7. The Morgan fingerprint density at radius 3 is 2.55 bits per heavy atom. The van der Waals surface area contributed by atoms with Crippen LogP contribution in [0.1, 0.15) is 12.5 Å². The van der Waals surface area contributed by atoms with Crippen molar-refractivity contribution in [3.8, 4) is 5.75 Å². The second-order valence-corrected chi connectivity index (χ2v) is 6.55. The minimum Gasteiger partial charge on any atom is -0.487 e. The van der Waals surface area contributed by atoms with Crippen LogP contribution in [-0.4, -0.2) is 29.1 Å². The number of amides is 1. The number of carbonyl (C=O) groups excluding carboxylic acids is 1. The number of thiocarbonyl (C=S) groups is 1. The van der Waals surface area contributed by atoms with Gasteiger partial charge in [0.1, 0.15) is 18.1 Å². The van der Waals surface area contributed by atoms with Crippen LogP contribution in [0.2, 0.25) is 0 Å². The van der Waals surface area contributed by atoms with Gasteiger partial charge in [-0.05, 0) is 74.8 Å². The van der Waals surface area contributed by atoms with Crippen molar-refractivity contribution in [3.05, 3.63) is 45.0 Å². The summed E-state index contributed by atoms with van der Waals surface area (Å²) in [6, 6.07) is 3.76. The fourth-order valence-corrected chi connectivity index (χ4v) is 3.74. The monoisotopic (exact) mass is 444 g/mol. The molecule has 0 saturated carbocycles. The van der Waals surface area contributed by atoms with Crippen LogP contribution in [0.4, 0.5) is 0 Å². The summed E-state index contributed by atoms with van der Waals surface area (Å²) < 4.78 is 7.15. The summed E-state index contributed by atoms with van der Waals surface area (Å²) in [6.45, 7) is 6.47. The van der Waals surface area contributed by atoms with Gasteiger partial charge in [-0.15, -0.1) is 0 Å². The molecular weight excluding hydrogens is 432 g/mol. The molecule has 0 aromatic heterocycles. The molecule has 1 amide bonds. The standard InChI is InChI=1S/C15H14Br2N2O2S/c1-3-5-21-13-10(16)6-9(7-11(13)17)8-12-14(20)19(4-2)15(22)18-12/h3,6-8H,1,4-5H2,2H3,(H,18,22)/b12-8-. The van der Waals surface area contributed by atoms with E-state index >= 15 is 0 Å². The summed E-state index contributed by atoms with van der Waals surface area (Å²) in [6.07, 6.45) is 3.44. The van der Waals surface area contributed by atoms with E-state index < -0.39 is 0 Å². The van der Waals surface area contributed by atoms with Crippen molar-refractivity contribution < 1.29 is 9.53 Å². The molecule has 0 spiro atoms. The van der Waals surface area contributed by atoms with Crippen LogP contribution in [0.3, 0.4) is 0 Å². The zero-order chi connectivity index (χ0) is 16.3. The molecule has 1 saturated heterocycles. The minimum absolute atomic E-state index is 0.119. The Kier molecular flexibility index (Phi) is 5.77. The summed E-state index contributed by atoms with van der Waals surface area (Å²) in [7, 11) is 0. The lowest BCUT2D eigenvalue weighted by molar-refractivity contribution is -0.122. The van der Waals surface area contributed by atoms with Gasteiger partial charge in [0, 0.05) is 6.54 Å². The molecule has 0 unspecified atom stereocenters. The average molecular weight is 446 g/mol. The van der Waals surface area contributed by atoms with Crippen LogP contribution in [-0.2, 0) is 4.79 Å². The number of rotatable bonds is 5. The van der Waals surface area contributed by atoms with Crippen molar-refractivity contribution >= 4 is 61.2 Å². The lowest BCUT2D eigenvalue weighted by Crippen LogP contribution is -2.30. The Morgan fingerprint density at radius 2 is 2.05 bits per heavy atom. The number of benzene rings is 1. The molecule has 1 aliphatic rings. The van der Waals surface area contributed by atoms with Crippen LogP contribution in [0.15, 0.2) is 39.4 Å². The molecule has 1 fully saturated rings. The summed E-state index contributed by atoms with van der Waals surface area (Å²) >= 11 is 12.1. The first-order valence-electron chi connectivity index (χ1n) is 6.55. The van der Waals surface area contributed by atoms with Gasteiger partial charge in [0.05, 0.1) is 8.95 Å². The fourth-order valence-electron chi connectivity index (χ4n) is 1.97. The first-order chi connectivity index (χ1) is 10.5. The van der Waals surface area contributed by atoms with Crippen molar-refractivity contribution in [2.24, 2.45) is 0 Å². The lowest BCUT2D eigenvalue weighted by atomic mass is 10.2. The molecule has 0 radical (unpaired) electrons. The third kappa shape index (κ3) is 3.59. The highest BCUT2D eigenvalue weighted by atomic mass is 79.9. The first-order valence-corrected chi connectivity index (χ1v) is 8.54. The van der Waals surface area contributed by atoms with Crippen molar-refractivity contribution in [1.82, 2.24) is 10.2 Å². The molecule has 4 nitrogen and oxygen atoms in total. The van der Waals surface area contributed by atoms with Gasteiger partial charge in [-0.3, -0.25) is 9.69 Å². The number of carbonyl (C=O) groups is 1. The van der Waals surface area contributed by atoms with Crippen molar-refractivity contribution in [1.29, 1.82) is 0 Å². The van der Waals surface area contributed by atoms with Gasteiger partial charge < -0.3 is 10.1 Å². The highest BCUT2D eigenvalue weighted by Crippen LogP contribution is 2.35. The predicted molar refractivity (Wildman–Crippen MR) is 98.6 cm³/mol. The molecule has 1 N–H and O–H groups in total. The van der Waals surface area contributed by atoms with Gasteiger partial charge in [-0.1, -0.05) is 12.7 Å². The van der Waals surface area contributed by atoms with E-state index in [1.165, 1.54) is 4.90 Å². The molecule has 1 aromatic carbocycles. The smallest absolute Gasteiger partial charge is 0.276 e. The summed E-state index contributed by atoms with van der Waals surface area (Å²) in [5.74, 6) is 0.574. The highest BCUT2D eigenvalue weighted by molar-refractivity contribution is 9.11. The topological polar surface area (TPSA) is 41.6 Å². The number of nitrogens with one attached hydrogen (secondary N) is 1. The number of hydrogen-bond donors (Lipinski definition) is 1. The maximum atomic E-state index is 12.2. The quantitative estimate of drug-likeness (QED) is 0.424. The van der Waals surface area contributed by atoms with Gasteiger partial charge in [-0.25, -0.2) is 0 Å². The van der Waals surface area contributed by atoms with E-state index in [2.05, 4.69) is 43.8 Å². The molecule has 0 atom stereocenters. The van der Waals surface area contributed by atoms with Gasteiger partial charge in [0.25, 0.3) is 5.91 Å². The fraction of sp³-hybridized carbons (Fsp3) is 0.200. The number of hydrogen-bond acceptors (Lipinski definition) is 3. The molecule has 1 aromatic rings. The molecule has 2 rings (SSSR count). The van der Waals surface area contributed by atoms with Crippen LogP contribution in [0, 0.1) is 0 Å². The van der Waals surface area contributed by atoms with Crippen LogP contribution in [0.5, 0.6) is 5.75 Å². The molecule has 22 heavy (non-hydrogen) atoms. The van der Waals surface area contributed by atoms with Gasteiger partial charge in [-0.2, -0.15) is 0 Å². The van der Waals surface area contributed by atoms with Crippen molar-refractivity contribution in [2.75, 3.05) is 13.2 Å². The zero-order valence-electron chi connectivity index (χ0n) is 11.9. The number of nitrogens with zero attached hydrogens (tertiary/aromatic N) is 1. The van der Waals surface area contributed by atoms with Gasteiger partial charge in [0.15, 0.2) is 5.11 Å². The molecule has 0 bridgehead atoms. The lowest BCUT2D eigenvalue weighted by Gasteiger charge is -2.10. The van der Waals surface area contributed by atoms with E-state index in [0.29, 0.717) is 29.7 Å². The van der Waals surface area contributed by atoms with Crippen molar-refractivity contribution in [2.45, 2.75) is 6.92 Å². The maximum Gasteiger partial charge on any atom is 0.276 e. The third-order valence-corrected chi connectivity index (χ3v) is 4.46. The average Bonchev–Trinajstić information content (AvgIpc) is 2.72. The maximum absolute atomic E-state index is 12.2. The summed E-state index contributed by atoms with van der Waals surface area (Å²) in [5.41, 5.74) is 1.31. The highest BCUT2D eigenvalue weighted by Gasteiger charge is 2.29. The first kappa shape index (κ1) is 17.2. The molecule has 0 aliphatic carbocycles. The van der Waals surface area contributed by atoms with Crippen molar-refractivity contribution in [3.63, 3.8) is 0 Å². The van der Waals surface area contributed by atoms with Gasteiger partial charge >= 0.3 is 0 Å².